The van der Waals surface area contributed by atoms with Crippen molar-refractivity contribution in [3.8, 4) is 0 Å². The molecular formula is C18H24BN3O2. The maximum atomic E-state index is 12.3. The van der Waals surface area contributed by atoms with Gasteiger partial charge in [-0.15, -0.1) is 0 Å². The van der Waals surface area contributed by atoms with Gasteiger partial charge in [-0.3, -0.25) is 4.79 Å². The van der Waals surface area contributed by atoms with Gasteiger partial charge in [0.15, 0.2) is 0 Å². The van der Waals surface area contributed by atoms with Gasteiger partial charge in [0, 0.05) is 30.7 Å². The number of rotatable bonds is 6. The Morgan fingerprint density at radius 1 is 1.38 bits per heavy atom. The minimum Gasteiger partial charge on any atom is -0.395 e. The van der Waals surface area contributed by atoms with E-state index in [1.807, 2.05) is 10.8 Å². The van der Waals surface area contributed by atoms with Gasteiger partial charge in [-0.2, -0.15) is 0 Å². The summed E-state index contributed by atoms with van der Waals surface area (Å²) in [6.45, 7) is 0.431. The molecule has 0 saturated heterocycles. The van der Waals surface area contributed by atoms with E-state index in [1.165, 1.54) is 32.1 Å². The second kappa shape index (κ2) is 7.84. The molecule has 0 aliphatic heterocycles. The molecule has 0 unspecified atom stereocenters. The summed E-state index contributed by atoms with van der Waals surface area (Å²) in [7, 11) is 6.07. The third kappa shape index (κ3) is 3.81. The van der Waals surface area contributed by atoms with Gasteiger partial charge in [0.2, 0.25) is 5.91 Å². The van der Waals surface area contributed by atoms with E-state index in [1.54, 1.807) is 12.3 Å². The average Bonchev–Trinajstić information content (AvgIpc) is 2.93. The van der Waals surface area contributed by atoms with Gasteiger partial charge in [-0.1, -0.05) is 43.6 Å². The first-order valence-corrected chi connectivity index (χ1v) is 8.83. The van der Waals surface area contributed by atoms with Crippen molar-refractivity contribution in [2.75, 3.05) is 11.9 Å². The number of hydrogen-bond acceptors (Lipinski definition) is 3. The lowest BCUT2D eigenvalue weighted by Crippen LogP contribution is -2.15. The highest BCUT2D eigenvalue weighted by atomic mass is 16.3. The van der Waals surface area contributed by atoms with E-state index >= 15 is 0 Å². The first-order chi connectivity index (χ1) is 11.7. The molecule has 2 N–H and O–H groups in total. The van der Waals surface area contributed by atoms with Gasteiger partial charge in [-0.05, 0) is 12.3 Å². The lowest BCUT2D eigenvalue weighted by Gasteiger charge is -2.20. The lowest BCUT2D eigenvalue weighted by molar-refractivity contribution is -0.116. The number of nitrogens with zero attached hydrogens (tertiary/aromatic N) is 2. The van der Waals surface area contributed by atoms with Gasteiger partial charge in [0.1, 0.15) is 13.5 Å². The molecule has 2 aromatic heterocycles. The first-order valence-electron chi connectivity index (χ1n) is 8.83. The highest BCUT2D eigenvalue weighted by Gasteiger charge is 2.17. The second-order valence-corrected chi connectivity index (χ2v) is 6.65. The summed E-state index contributed by atoms with van der Waals surface area (Å²) in [5.41, 5.74) is 1.95. The Morgan fingerprint density at radius 3 is 2.92 bits per heavy atom. The van der Waals surface area contributed by atoms with E-state index in [-0.39, 0.29) is 12.5 Å². The van der Waals surface area contributed by atoms with Crippen LogP contribution in [0.15, 0.2) is 18.5 Å². The Labute approximate surface area is 143 Å². The van der Waals surface area contributed by atoms with E-state index in [0.717, 1.165) is 11.8 Å². The van der Waals surface area contributed by atoms with Crippen molar-refractivity contribution in [1.82, 2.24) is 9.55 Å². The fourth-order valence-electron chi connectivity index (χ4n) is 3.64. The standard InChI is InChI=1S/C18H24BN3O2/c19-14-8-9-20-18-17(14)15(12-22(18)10-11-23)21-16(24)7-6-13-4-2-1-3-5-13/h8-9,12-13,23H,1-7,10-11H2,(H,21,24). The molecule has 1 saturated carbocycles. The molecule has 2 heterocycles. The molecule has 1 fully saturated rings. The minimum atomic E-state index is 0.00925. The van der Waals surface area contributed by atoms with E-state index in [2.05, 4.69) is 10.3 Å². The minimum absolute atomic E-state index is 0.00925. The molecule has 2 aromatic rings. The number of aliphatic hydroxyl groups excluding tert-OH is 1. The van der Waals surface area contributed by atoms with Gasteiger partial charge in [0.05, 0.1) is 12.3 Å². The molecule has 3 rings (SSSR count). The Kier molecular flexibility index (Phi) is 5.56. The zero-order valence-corrected chi connectivity index (χ0v) is 14.0. The van der Waals surface area contributed by atoms with Crippen LogP contribution < -0.4 is 10.8 Å². The van der Waals surface area contributed by atoms with Crippen molar-refractivity contribution < 1.29 is 9.90 Å². The monoisotopic (exact) mass is 325 g/mol. The maximum Gasteiger partial charge on any atom is 0.224 e. The molecular weight excluding hydrogens is 301 g/mol. The Bertz CT molecular complexity index is 708. The third-order valence-electron chi connectivity index (χ3n) is 4.91. The van der Waals surface area contributed by atoms with Crippen LogP contribution in [0.25, 0.3) is 11.0 Å². The molecule has 6 heteroatoms. The third-order valence-corrected chi connectivity index (χ3v) is 4.91. The van der Waals surface area contributed by atoms with Crippen LogP contribution in [0.1, 0.15) is 44.9 Å². The molecule has 1 aliphatic rings. The summed E-state index contributed by atoms with van der Waals surface area (Å²) in [5, 5.41) is 12.9. The summed E-state index contributed by atoms with van der Waals surface area (Å²) in [6, 6.07) is 1.73. The second-order valence-electron chi connectivity index (χ2n) is 6.65. The zero-order chi connectivity index (χ0) is 16.9. The fourth-order valence-corrected chi connectivity index (χ4v) is 3.64. The largest absolute Gasteiger partial charge is 0.395 e. The highest BCUT2D eigenvalue weighted by Crippen LogP contribution is 2.28. The zero-order valence-electron chi connectivity index (χ0n) is 14.0. The summed E-state index contributed by atoms with van der Waals surface area (Å²) in [6.07, 6.45) is 11.4. The van der Waals surface area contributed by atoms with Gasteiger partial charge < -0.3 is 15.0 Å². The number of hydrogen-bond donors (Lipinski definition) is 2. The number of amides is 1. The smallest absolute Gasteiger partial charge is 0.224 e. The Morgan fingerprint density at radius 2 is 2.17 bits per heavy atom. The van der Waals surface area contributed by atoms with Crippen molar-refractivity contribution in [3.05, 3.63) is 18.5 Å². The number of aliphatic hydroxyl groups is 1. The number of anilines is 1. The summed E-state index contributed by atoms with van der Waals surface area (Å²) in [4.78, 5) is 16.7. The molecule has 126 valence electrons. The molecule has 5 nitrogen and oxygen atoms in total. The summed E-state index contributed by atoms with van der Waals surface area (Å²) >= 11 is 0. The van der Waals surface area contributed by atoms with Crippen molar-refractivity contribution in [1.29, 1.82) is 0 Å². The molecule has 0 bridgehead atoms. The van der Waals surface area contributed by atoms with Crippen LogP contribution in [0.4, 0.5) is 5.69 Å². The van der Waals surface area contributed by atoms with Crippen LogP contribution in [0.3, 0.4) is 0 Å². The average molecular weight is 325 g/mol. The molecule has 0 atom stereocenters. The summed E-state index contributed by atoms with van der Waals surface area (Å²) < 4.78 is 1.82. The van der Waals surface area contributed by atoms with E-state index < -0.39 is 0 Å². The van der Waals surface area contributed by atoms with Gasteiger partial charge in [0.25, 0.3) is 0 Å². The molecule has 0 aromatic carbocycles. The van der Waals surface area contributed by atoms with Crippen molar-refractivity contribution in [2.45, 2.75) is 51.5 Å². The molecule has 1 amide bonds. The quantitative estimate of drug-likeness (QED) is 0.800. The predicted molar refractivity (Wildman–Crippen MR) is 96.6 cm³/mol. The fraction of sp³-hybridized carbons (Fsp3) is 0.556. The van der Waals surface area contributed by atoms with E-state index in [4.69, 9.17) is 7.85 Å². The topological polar surface area (TPSA) is 67.2 Å². The number of pyridine rings is 1. The van der Waals surface area contributed by atoms with Gasteiger partial charge >= 0.3 is 0 Å². The summed E-state index contributed by atoms with van der Waals surface area (Å²) in [5.74, 6) is 0.707. The lowest BCUT2D eigenvalue weighted by atomic mass is 9.86. The van der Waals surface area contributed by atoms with E-state index in [9.17, 15) is 9.90 Å². The highest BCUT2D eigenvalue weighted by molar-refractivity contribution is 6.40. The van der Waals surface area contributed by atoms with Gasteiger partial charge in [-0.25, -0.2) is 4.98 Å². The number of fused-ring (bicyclic) bond motifs is 1. The van der Waals surface area contributed by atoms with Crippen LogP contribution in [0.2, 0.25) is 0 Å². The maximum absolute atomic E-state index is 12.3. The normalized spacial score (nSPS) is 15.7. The molecule has 2 radical (unpaired) electrons. The van der Waals surface area contributed by atoms with Crippen LogP contribution in [-0.4, -0.2) is 35.0 Å². The van der Waals surface area contributed by atoms with Crippen molar-refractivity contribution in [2.24, 2.45) is 5.92 Å². The van der Waals surface area contributed by atoms with Crippen molar-refractivity contribution >= 4 is 35.9 Å². The van der Waals surface area contributed by atoms with Crippen molar-refractivity contribution in [3.63, 3.8) is 0 Å². The Hall–Kier alpha value is -1.82. The van der Waals surface area contributed by atoms with E-state index in [0.29, 0.717) is 35.7 Å². The molecule has 1 aliphatic carbocycles. The molecule has 0 spiro atoms. The molecule has 24 heavy (non-hydrogen) atoms. The number of carbonyl (C=O) groups is 1. The van der Waals surface area contributed by atoms with Crippen LogP contribution in [-0.2, 0) is 11.3 Å². The predicted octanol–water partition coefficient (Wildman–Crippen LogP) is 2.12. The number of nitrogens with one attached hydrogen (secondary N) is 1. The SMILES string of the molecule is [B]c1ccnc2c1c(NC(=O)CCC1CCCCC1)cn2CCO. The number of carbonyl (C=O) groups excluding carboxylic acids is 1. The van der Waals surface area contributed by atoms with Crippen LogP contribution in [0.5, 0.6) is 0 Å². The first kappa shape index (κ1) is 17.0. The number of aromatic nitrogens is 2. The van der Waals surface area contributed by atoms with Crippen LogP contribution in [0, 0.1) is 5.92 Å². The Balaban J connectivity index is 1.70. The van der Waals surface area contributed by atoms with Crippen LogP contribution >= 0.6 is 0 Å².